The van der Waals surface area contributed by atoms with E-state index in [1.807, 2.05) is 58.9 Å². The van der Waals surface area contributed by atoms with Crippen molar-refractivity contribution in [2.75, 3.05) is 57.3 Å². The lowest BCUT2D eigenvalue weighted by molar-refractivity contribution is -0.160. The zero-order chi connectivity index (χ0) is 34.6. The minimum atomic E-state index is -1.14. The SMILES string of the molecule is Cc1nc(C)c([C@H](OC(C)(C)C)C(=O)O)c(N2CCC(C)(C)CC2)c1-c1ccc(OCCN2CCN(Cc3ccc(F)cc3)CC2)cc1. The van der Waals surface area contributed by atoms with Crippen molar-refractivity contribution in [3.63, 3.8) is 0 Å². The molecule has 8 nitrogen and oxygen atoms in total. The quantitative estimate of drug-likeness (QED) is 0.230. The number of ether oxygens (including phenoxy) is 2. The van der Waals surface area contributed by atoms with Gasteiger partial charge >= 0.3 is 5.97 Å². The number of hydrogen-bond donors (Lipinski definition) is 1. The molecule has 2 aliphatic heterocycles. The van der Waals surface area contributed by atoms with Crippen LogP contribution in [0.1, 0.15) is 76.1 Å². The van der Waals surface area contributed by atoms with Gasteiger partial charge in [-0.2, -0.15) is 0 Å². The van der Waals surface area contributed by atoms with Gasteiger partial charge in [-0.15, -0.1) is 0 Å². The van der Waals surface area contributed by atoms with Crippen molar-refractivity contribution in [1.82, 2.24) is 14.8 Å². The van der Waals surface area contributed by atoms with Crippen LogP contribution in [0.15, 0.2) is 48.5 Å². The molecule has 0 aliphatic carbocycles. The molecule has 3 aromatic rings. The number of rotatable bonds is 11. The van der Waals surface area contributed by atoms with Crippen LogP contribution < -0.4 is 9.64 Å². The summed E-state index contributed by atoms with van der Waals surface area (Å²) in [5, 5.41) is 10.4. The summed E-state index contributed by atoms with van der Waals surface area (Å²) in [6, 6.07) is 14.9. The minimum absolute atomic E-state index is 0.198. The fraction of sp³-hybridized carbons (Fsp3) is 0.538. The summed E-state index contributed by atoms with van der Waals surface area (Å²) in [5.41, 5.74) is 5.74. The number of aromatic nitrogens is 1. The smallest absolute Gasteiger partial charge is 0.337 e. The molecule has 0 saturated carbocycles. The molecule has 3 heterocycles. The van der Waals surface area contributed by atoms with E-state index in [0.717, 1.165) is 99.0 Å². The molecule has 2 fully saturated rings. The predicted molar refractivity (Wildman–Crippen MR) is 189 cm³/mol. The van der Waals surface area contributed by atoms with E-state index in [1.54, 1.807) is 0 Å². The van der Waals surface area contributed by atoms with E-state index < -0.39 is 17.7 Å². The van der Waals surface area contributed by atoms with Crippen molar-refractivity contribution >= 4 is 11.7 Å². The molecule has 9 heteroatoms. The van der Waals surface area contributed by atoms with E-state index in [4.69, 9.17) is 14.5 Å². The highest BCUT2D eigenvalue weighted by Gasteiger charge is 2.36. The first kappa shape index (κ1) is 35.8. The van der Waals surface area contributed by atoms with Gasteiger partial charge in [0.1, 0.15) is 18.2 Å². The van der Waals surface area contributed by atoms with Crippen molar-refractivity contribution < 1.29 is 23.8 Å². The number of hydrogen-bond acceptors (Lipinski definition) is 7. The van der Waals surface area contributed by atoms with Crippen LogP contribution in [0, 0.1) is 25.1 Å². The molecule has 0 unspecified atom stereocenters. The Hall–Kier alpha value is -3.53. The summed E-state index contributed by atoms with van der Waals surface area (Å²) in [6.45, 7) is 22.0. The third kappa shape index (κ3) is 9.12. The van der Waals surface area contributed by atoms with E-state index in [0.29, 0.717) is 17.9 Å². The zero-order valence-corrected chi connectivity index (χ0v) is 29.8. The number of carboxylic acids is 1. The van der Waals surface area contributed by atoms with Crippen LogP contribution in [0.4, 0.5) is 10.1 Å². The molecule has 1 aromatic heterocycles. The van der Waals surface area contributed by atoms with Crippen molar-refractivity contribution in [1.29, 1.82) is 0 Å². The standard InChI is InChI=1S/C39H53FN4O4/c1-27-33(35(44-18-16-39(6,7)17-19-44)34(28(2)41-27)36(37(45)46)48-38(3,4)5)30-10-14-32(15-11-30)47-25-24-42-20-22-43(23-21-42)26-29-8-12-31(40)13-9-29/h8-15,36H,16-26H2,1-7H3,(H,45,46)/t36-/m0/s1. The molecule has 0 radical (unpaired) electrons. The van der Waals surface area contributed by atoms with Gasteiger partial charge in [-0.3, -0.25) is 14.8 Å². The number of carbonyl (C=O) groups is 1. The molecule has 2 aliphatic rings. The van der Waals surface area contributed by atoms with Crippen LogP contribution in [0.25, 0.3) is 11.1 Å². The van der Waals surface area contributed by atoms with Gasteiger partial charge in [0.15, 0.2) is 6.10 Å². The maximum atomic E-state index is 13.2. The highest BCUT2D eigenvalue weighted by Crippen LogP contribution is 2.45. The van der Waals surface area contributed by atoms with Crippen LogP contribution >= 0.6 is 0 Å². The van der Waals surface area contributed by atoms with Crippen LogP contribution in [-0.2, 0) is 16.1 Å². The van der Waals surface area contributed by atoms with Crippen molar-refractivity contribution in [2.24, 2.45) is 5.41 Å². The average molecular weight is 661 g/mol. The first-order chi connectivity index (χ1) is 22.7. The Bertz CT molecular complexity index is 1530. The third-order valence-electron chi connectivity index (χ3n) is 9.57. The van der Waals surface area contributed by atoms with E-state index in [-0.39, 0.29) is 11.2 Å². The first-order valence-corrected chi connectivity index (χ1v) is 17.3. The van der Waals surface area contributed by atoms with Crippen LogP contribution in [0.3, 0.4) is 0 Å². The molecule has 0 spiro atoms. The Labute approximate surface area is 285 Å². The van der Waals surface area contributed by atoms with Gasteiger partial charge in [0.2, 0.25) is 0 Å². The number of aliphatic carboxylic acids is 1. The average Bonchev–Trinajstić information content (AvgIpc) is 3.02. The van der Waals surface area contributed by atoms with Gasteiger partial charge in [-0.25, -0.2) is 9.18 Å². The summed E-state index contributed by atoms with van der Waals surface area (Å²) in [5.74, 6) is -0.412. The van der Waals surface area contributed by atoms with Crippen LogP contribution in [0.5, 0.6) is 5.75 Å². The van der Waals surface area contributed by atoms with Crippen molar-refractivity contribution in [2.45, 2.75) is 79.6 Å². The molecule has 0 amide bonds. The second-order valence-electron chi connectivity index (χ2n) is 15.1. The molecule has 1 N–H and O–H groups in total. The second-order valence-corrected chi connectivity index (χ2v) is 15.1. The first-order valence-electron chi connectivity index (χ1n) is 17.3. The number of halogens is 1. The number of piperidine rings is 1. The third-order valence-corrected chi connectivity index (χ3v) is 9.57. The second kappa shape index (κ2) is 14.9. The van der Waals surface area contributed by atoms with Gasteiger partial charge in [0.05, 0.1) is 11.3 Å². The molecular weight excluding hydrogens is 607 g/mol. The fourth-order valence-corrected chi connectivity index (χ4v) is 6.78. The number of benzene rings is 2. The molecule has 5 rings (SSSR count). The Balaban J connectivity index is 1.30. The van der Waals surface area contributed by atoms with Crippen LogP contribution in [0.2, 0.25) is 0 Å². The number of pyridine rings is 1. The summed E-state index contributed by atoms with van der Waals surface area (Å²) in [4.78, 5) is 24.8. The highest BCUT2D eigenvalue weighted by atomic mass is 19.1. The van der Waals surface area contributed by atoms with Gasteiger partial charge in [-0.1, -0.05) is 38.1 Å². The molecule has 0 bridgehead atoms. The van der Waals surface area contributed by atoms with Crippen molar-refractivity contribution in [3.05, 3.63) is 76.9 Å². The molecule has 260 valence electrons. The van der Waals surface area contributed by atoms with Crippen molar-refractivity contribution in [3.8, 4) is 16.9 Å². The normalized spacial score (nSPS) is 18.1. The van der Waals surface area contributed by atoms with E-state index in [9.17, 15) is 14.3 Å². The summed E-state index contributed by atoms with van der Waals surface area (Å²) < 4.78 is 25.6. The van der Waals surface area contributed by atoms with Gasteiger partial charge in [-0.05, 0) is 88.3 Å². The fourth-order valence-electron chi connectivity index (χ4n) is 6.78. The van der Waals surface area contributed by atoms with Gasteiger partial charge in [0, 0.05) is 74.9 Å². The lowest BCUT2D eigenvalue weighted by atomic mass is 9.82. The number of aryl methyl sites for hydroxylation is 2. The molecular formula is C39H53FN4O4. The summed E-state index contributed by atoms with van der Waals surface area (Å²) in [6.07, 6.45) is 0.884. The Kier molecular flexibility index (Phi) is 11.1. The van der Waals surface area contributed by atoms with E-state index >= 15 is 0 Å². The molecule has 1 atom stereocenters. The summed E-state index contributed by atoms with van der Waals surface area (Å²) >= 11 is 0. The summed E-state index contributed by atoms with van der Waals surface area (Å²) in [7, 11) is 0. The number of carboxylic acid groups (broad SMARTS) is 1. The Morgan fingerprint density at radius 3 is 2.10 bits per heavy atom. The monoisotopic (exact) mass is 660 g/mol. The maximum Gasteiger partial charge on any atom is 0.337 e. The largest absolute Gasteiger partial charge is 0.492 e. The number of nitrogens with zero attached hydrogens (tertiary/aromatic N) is 4. The van der Waals surface area contributed by atoms with Crippen LogP contribution in [-0.4, -0.2) is 83.9 Å². The number of anilines is 1. The lowest BCUT2D eigenvalue weighted by Crippen LogP contribution is -2.47. The maximum absolute atomic E-state index is 13.2. The van der Waals surface area contributed by atoms with Gasteiger partial charge < -0.3 is 19.5 Å². The number of piperazine rings is 1. The molecule has 2 aromatic carbocycles. The molecule has 48 heavy (non-hydrogen) atoms. The predicted octanol–water partition coefficient (Wildman–Crippen LogP) is 7.27. The van der Waals surface area contributed by atoms with Gasteiger partial charge in [0.25, 0.3) is 0 Å². The molecule has 2 saturated heterocycles. The Morgan fingerprint density at radius 1 is 0.917 bits per heavy atom. The minimum Gasteiger partial charge on any atom is -0.492 e. The topological polar surface area (TPSA) is 78.4 Å². The highest BCUT2D eigenvalue weighted by molar-refractivity contribution is 5.88. The lowest BCUT2D eigenvalue weighted by Gasteiger charge is -2.41. The zero-order valence-electron chi connectivity index (χ0n) is 29.8. The van der Waals surface area contributed by atoms with E-state index in [1.165, 1.54) is 12.1 Å². The van der Waals surface area contributed by atoms with E-state index in [2.05, 4.69) is 40.7 Å². The Morgan fingerprint density at radius 2 is 1.52 bits per heavy atom.